The number of fused-ring (bicyclic) bond motifs is 6. The van der Waals surface area contributed by atoms with Crippen molar-refractivity contribution in [1.82, 2.24) is 9.13 Å². The predicted octanol–water partition coefficient (Wildman–Crippen LogP) is 14.5. The summed E-state index contributed by atoms with van der Waals surface area (Å²) in [6.07, 6.45) is 0. The van der Waals surface area contributed by atoms with Gasteiger partial charge in [0.1, 0.15) is 0 Å². The number of aromatic nitrogens is 2. The molecule has 9 aromatic carbocycles. The van der Waals surface area contributed by atoms with Gasteiger partial charge in [-0.1, -0.05) is 146 Å². The first-order chi connectivity index (χ1) is 27.8. The van der Waals surface area contributed by atoms with Crippen molar-refractivity contribution in [1.29, 1.82) is 0 Å². The van der Waals surface area contributed by atoms with Crippen molar-refractivity contribution in [3.8, 4) is 55.9 Å². The molecule has 0 amide bonds. The second-order valence-electron chi connectivity index (χ2n) is 14.6. The number of benzene rings is 9. The zero-order valence-electron chi connectivity index (χ0n) is 30.7. The van der Waals surface area contributed by atoms with Crippen LogP contribution in [0.3, 0.4) is 0 Å². The molecule has 0 bridgehead atoms. The van der Waals surface area contributed by atoms with E-state index in [1.54, 1.807) is 0 Å². The quantitative estimate of drug-likeness (QED) is 0.162. The Labute approximate surface area is 325 Å². The minimum absolute atomic E-state index is 1.15. The molecule has 0 unspecified atom stereocenters. The number of hydrogen-bond acceptors (Lipinski definition) is 0. The lowest BCUT2D eigenvalue weighted by molar-refractivity contribution is 1.18. The van der Waals surface area contributed by atoms with E-state index in [1.165, 1.54) is 88.1 Å². The third kappa shape index (κ3) is 5.26. The topological polar surface area (TPSA) is 9.86 Å². The fraction of sp³-hybridized carbons (Fsp3) is 0. The van der Waals surface area contributed by atoms with Crippen molar-refractivity contribution >= 4 is 43.6 Å². The molecule has 2 aromatic heterocycles. The molecule has 2 nitrogen and oxygen atoms in total. The van der Waals surface area contributed by atoms with Gasteiger partial charge in [-0.3, -0.25) is 0 Å². The van der Waals surface area contributed by atoms with Crippen LogP contribution in [-0.4, -0.2) is 9.13 Å². The molecule has 11 rings (SSSR count). The van der Waals surface area contributed by atoms with Crippen molar-refractivity contribution in [2.24, 2.45) is 0 Å². The number of hydrogen-bond donors (Lipinski definition) is 0. The van der Waals surface area contributed by atoms with E-state index in [2.05, 4.69) is 228 Å². The van der Waals surface area contributed by atoms with Crippen LogP contribution in [-0.2, 0) is 0 Å². The third-order valence-electron chi connectivity index (χ3n) is 11.3. The number of rotatable bonds is 6. The van der Waals surface area contributed by atoms with Crippen LogP contribution in [0.15, 0.2) is 218 Å². The van der Waals surface area contributed by atoms with E-state index in [0.717, 1.165) is 11.4 Å². The average molecular weight is 713 g/mol. The van der Waals surface area contributed by atoms with E-state index in [0.29, 0.717) is 0 Å². The largest absolute Gasteiger partial charge is 0.309 e. The van der Waals surface area contributed by atoms with Crippen molar-refractivity contribution in [3.63, 3.8) is 0 Å². The lowest BCUT2D eigenvalue weighted by atomic mass is 9.91. The molecule has 2 heterocycles. The Kier molecular flexibility index (Phi) is 7.53. The van der Waals surface area contributed by atoms with Crippen molar-refractivity contribution in [3.05, 3.63) is 218 Å². The normalized spacial score (nSPS) is 11.6. The fourth-order valence-electron chi connectivity index (χ4n) is 8.75. The van der Waals surface area contributed by atoms with Gasteiger partial charge in [0.2, 0.25) is 0 Å². The maximum absolute atomic E-state index is 2.41. The van der Waals surface area contributed by atoms with Crippen LogP contribution >= 0.6 is 0 Å². The Morgan fingerprint density at radius 2 is 0.714 bits per heavy atom. The van der Waals surface area contributed by atoms with Crippen LogP contribution < -0.4 is 0 Å². The highest BCUT2D eigenvalue weighted by Crippen LogP contribution is 2.42. The fourth-order valence-corrected chi connectivity index (χ4v) is 8.75. The van der Waals surface area contributed by atoms with Gasteiger partial charge in [0.25, 0.3) is 0 Å². The molecule has 0 N–H and O–H groups in total. The van der Waals surface area contributed by atoms with E-state index in [-0.39, 0.29) is 0 Å². The molecule has 0 aliphatic carbocycles. The molecule has 0 atom stereocenters. The SMILES string of the molecule is c1ccc(-c2cc(-c3ccc4c(c3)c3ccccc3n4-c3cccc(-c4ccccc4)c3)cc(-c3cccc4c3c3ccccc3n4-c3ccccc3)c2)cc1. The molecule has 11 aromatic rings. The lowest BCUT2D eigenvalue weighted by Crippen LogP contribution is -1.94. The zero-order valence-corrected chi connectivity index (χ0v) is 30.7. The Morgan fingerprint density at radius 1 is 0.232 bits per heavy atom. The van der Waals surface area contributed by atoms with Gasteiger partial charge in [-0.2, -0.15) is 0 Å². The van der Waals surface area contributed by atoms with Crippen LogP contribution in [0, 0.1) is 0 Å². The summed E-state index contributed by atoms with van der Waals surface area (Å²) in [6.45, 7) is 0. The Hall–Kier alpha value is -7.42. The van der Waals surface area contributed by atoms with Crippen molar-refractivity contribution < 1.29 is 0 Å². The molecule has 0 saturated heterocycles. The minimum atomic E-state index is 1.15. The van der Waals surface area contributed by atoms with Gasteiger partial charge in [-0.15, -0.1) is 0 Å². The summed E-state index contributed by atoms with van der Waals surface area (Å²) in [7, 11) is 0. The van der Waals surface area contributed by atoms with Gasteiger partial charge in [-0.05, 0) is 117 Å². The maximum atomic E-state index is 2.41. The molecule has 0 fully saturated rings. The van der Waals surface area contributed by atoms with Gasteiger partial charge in [0.05, 0.1) is 22.1 Å². The first-order valence-corrected chi connectivity index (χ1v) is 19.3. The summed E-state index contributed by atoms with van der Waals surface area (Å²) in [6, 6.07) is 79.5. The Morgan fingerprint density at radius 3 is 1.46 bits per heavy atom. The molecule has 262 valence electrons. The summed E-state index contributed by atoms with van der Waals surface area (Å²) in [5.74, 6) is 0. The summed E-state index contributed by atoms with van der Waals surface area (Å²) < 4.78 is 4.81. The van der Waals surface area contributed by atoms with Gasteiger partial charge in [0, 0.05) is 32.9 Å². The molecular formula is C54H36N2. The maximum Gasteiger partial charge on any atom is 0.0547 e. The van der Waals surface area contributed by atoms with Gasteiger partial charge >= 0.3 is 0 Å². The molecule has 0 saturated carbocycles. The summed E-state index contributed by atoms with van der Waals surface area (Å²) in [5.41, 5.74) is 16.7. The highest BCUT2D eigenvalue weighted by Gasteiger charge is 2.18. The van der Waals surface area contributed by atoms with E-state index >= 15 is 0 Å². The smallest absolute Gasteiger partial charge is 0.0547 e. The van der Waals surface area contributed by atoms with Crippen molar-refractivity contribution in [2.75, 3.05) is 0 Å². The number of nitrogens with zero attached hydrogens (tertiary/aromatic N) is 2. The monoisotopic (exact) mass is 712 g/mol. The van der Waals surface area contributed by atoms with Crippen LogP contribution in [0.1, 0.15) is 0 Å². The van der Waals surface area contributed by atoms with Crippen LogP contribution in [0.5, 0.6) is 0 Å². The molecule has 2 heteroatoms. The third-order valence-corrected chi connectivity index (χ3v) is 11.3. The minimum Gasteiger partial charge on any atom is -0.309 e. The van der Waals surface area contributed by atoms with E-state index in [4.69, 9.17) is 0 Å². The predicted molar refractivity (Wildman–Crippen MR) is 237 cm³/mol. The first-order valence-electron chi connectivity index (χ1n) is 19.3. The Balaban J connectivity index is 1.13. The van der Waals surface area contributed by atoms with E-state index in [9.17, 15) is 0 Å². The molecule has 0 radical (unpaired) electrons. The first kappa shape index (κ1) is 32.0. The molecule has 0 spiro atoms. The molecule has 0 aliphatic heterocycles. The Bertz CT molecular complexity index is 3220. The standard InChI is InChI=1S/C54H36N2/c1-4-16-37(17-5-1)39-20-14-23-45(35-39)56-50-27-12-10-24-47(50)49-36-40(30-31-52(49)56)42-32-41(38-18-6-2-7-19-38)33-43(34-42)46-26-15-29-53-54(46)48-25-11-13-28-51(48)55(53)44-21-8-3-9-22-44/h1-36H. The average Bonchev–Trinajstić information content (AvgIpc) is 3.80. The van der Waals surface area contributed by atoms with E-state index in [1.807, 2.05) is 0 Å². The van der Waals surface area contributed by atoms with Gasteiger partial charge in [-0.25, -0.2) is 0 Å². The lowest BCUT2D eigenvalue weighted by Gasteiger charge is -2.14. The van der Waals surface area contributed by atoms with Gasteiger partial charge in [0.15, 0.2) is 0 Å². The molecule has 56 heavy (non-hydrogen) atoms. The highest BCUT2D eigenvalue weighted by molar-refractivity contribution is 6.16. The molecule has 0 aliphatic rings. The van der Waals surface area contributed by atoms with Gasteiger partial charge < -0.3 is 9.13 Å². The highest BCUT2D eigenvalue weighted by atomic mass is 15.0. The second kappa shape index (κ2) is 13.2. The second-order valence-corrected chi connectivity index (χ2v) is 14.6. The summed E-state index contributed by atoms with van der Waals surface area (Å²) in [4.78, 5) is 0. The van der Waals surface area contributed by atoms with Crippen molar-refractivity contribution in [2.45, 2.75) is 0 Å². The number of para-hydroxylation sites is 3. The summed E-state index contributed by atoms with van der Waals surface area (Å²) in [5, 5.41) is 4.99. The molecular weight excluding hydrogens is 677 g/mol. The van der Waals surface area contributed by atoms with E-state index < -0.39 is 0 Å². The zero-order chi connectivity index (χ0) is 37.0. The van der Waals surface area contributed by atoms with Crippen LogP contribution in [0.2, 0.25) is 0 Å². The van der Waals surface area contributed by atoms with Crippen LogP contribution in [0.25, 0.3) is 99.5 Å². The summed E-state index contributed by atoms with van der Waals surface area (Å²) >= 11 is 0. The van der Waals surface area contributed by atoms with Crippen LogP contribution in [0.4, 0.5) is 0 Å².